The lowest BCUT2D eigenvalue weighted by molar-refractivity contribution is -0.0497. The van der Waals surface area contributed by atoms with Gasteiger partial charge in [-0.3, -0.25) is 0 Å². The van der Waals surface area contributed by atoms with Gasteiger partial charge in [0.15, 0.2) is 0 Å². The highest BCUT2D eigenvalue weighted by atomic mass is 35.5. The van der Waals surface area contributed by atoms with Crippen LogP contribution in [-0.4, -0.2) is 6.61 Å². The van der Waals surface area contributed by atoms with Gasteiger partial charge in [-0.2, -0.15) is 8.78 Å². The van der Waals surface area contributed by atoms with Crippen LogP contribution in [0.3, 0.4) is 0 Å². The molecule has 2 nitrogen and oxygen atoms in total. The molecule has 0 saturated heterocycles. The number of aryl methyl sites for hydroxylation is 2. The van der Waals surface area contributed by atoms with E-state index in [-0.39, 0.29) is 10.8 Å². The summed E-state index contributed by atoms with van der Waals surface area (Å²) in [5.41, 5.74) is 4.34. The second-order valence-electron chi connectivity index (χ2n) is 4.81. The van der Waals surface area contributed by atoms with Crippen molar-refractivity contribution in [2.45, 2.75) is 27.0 Å². The largest absolute Gasteiger partial charge is 0.433 e. The molecule has 2 aromatic rings. The molecule has 0 radical (unpaired) electrons. The minimum absolute atomic E-state index is 0.0243. The predicted octanol–water partition coefficient (Wildman–Crippen LogP) is 5.17. The lowest BCUT2D eigenvalue weighted by atomic mass is 10.1. The third-order valence-electron chi connectivity index (χ3n) is 3.13. The minimum Gasteiger partial charge on any atom is -0.433 e. The number of hydrogen-bond donors (Lipinski definition) is 1. The second kappa shape index (κ2) is 6.76. The third kappa shape index (κ3) is 4.33. The number of benzene rings is 2. The van der Waals surface area contributed by atoms with Gasteiger partial charge in [-0.1, -0.05) is 35.4 Å². The number of alkyl halides is 2. The zero-order chi connectivity index (χ0) is 15.4. The Bertz CT molecular complexity index is 632. The number of rotatable bonds is 5. The Kier molecular flexibility index (Phi) is 5.02. The van der Waals surface area contributed by atoms with Crippen molar-refractivity contribution < 1.29 is 13.5 Å². The van der Waals surface area contributed by atoms with Crippen LogP contribution in [0.1, 0.15) is 16.7 Å². The van der Waals surface area contributed by atoms with Crippen LogP contribution in [0, 0.1) is 13.8 Å². The molecule has 0 bridgehead atoms. The maximum atomic E-state index is 12.2. The van der Waals surface area contributed by atoms with Gasteiger partial charge in [0.25, 0.3) is 0 Å². The summed E-state index contributed by atoms with van der Waals surface area (Å²) in [6.45, 7) is 1.86. The number of ether oxygens (including phenoxy) is 1. The minimum atomic E-state index is -2.88. The highest BCUT2D eigenvalue weighted by Crippen LogP contribution is 2.29. The highest BCUT2D eigenvalue weighted by molar-refractivity contribution is 6.32. The van der Waals surface area contributed by atoms with Crippen molar-refractivity contribution in [2.24, 2.45) is 0 Å². The molecule has 0 fully saturated rings. The lowest BCUT2D eigenvalue weighted by Gasteiger charge is -2.12. The maximum absolute atomic E-state index is 12.2. The Morgan fingerprint density at radius 2 is 1.90 bits per heavy atom. The van der Waals surface area contributed by atoms with E-state index < -0.39 is 6.61 Å². The van der Waals surface area contributed by atoms with Gasteiger partial charge in [-0.05, 0) is 43.2 Å². The van der Waals surface area contributed by atoms with Gasteiger partial charge in [0, 0.05) is 12.2 Å². The molecule has 2 rings (SSSR count). The first-order valence-corrected chi connectivity index (χ1v) is 6.88. The molecule has 0 aliphatic rings. The number of hydrogen-bond acceptors (Lipinski definition) is 2. The molecule has 0 atom stereocenters. The third-order valence-corrected chi connectivity index (χ3v) is 3.42. The van der Waals surface area contributed by atoms with E-state index in [2.05, 4.69) is 35.2 Å². The van der Waals surface area contributed by atoms with E-state index >= 15 is 0 Å². The molecule has 0 saturated carbocycles. The van der Waals surface area contributed by atoms with Gasteiger partial charge in [0.2, 0.25) is 0 Å². The molecule has 0 amide bonds. The van der Waals surface area contributed by atoms with Crippen LogP contribution < -0.4 is 10.1 Å². The summed E-state index contributed by atoms with van der Waals surface area (Å²) in [5.74, 6) is -0.0243. The summed E-state index contributed by atoms with van der Waals surface area (Å²) in [6, 6.07) is 10.9. The van der Waals surface area contributed by atoms with Crippen molar-refractivity contribution in [3.8, 4) is 5.75 Å². The quantitative estimate of drug-likeness (QED) is 0.822. The zero-order valence-corrected chi connectivity index (χ0v) is 12.5. The van der Waals surface area contributed by atoms with E-state index in [9.17, 15) is 8.78 Å². The highest BCUT2D eigenvalue weighted by Gasteiger charge is 2.09. The Hall–Kier alpha value is -1.81. The molecular weight excluding hydrogens is 296 g/mol. The average molecular weight is 312 g/mol. The van der Waals surface area contributed by atoms with E-state index in [0.29, 0.717) is 6.54 Å². The van der Waals surface area contributed by atoms with Gasteiger partial charge >= 0.3 is 6.61 Å². The van der Waals surface area contributed by atoms with Crippen LogP contribution in [0.25, 0.3) is 0 Å². The summed E-state index contributed by atoms with van der Waals surface area (Å²) in [5, 5.41) is 3.37. The molecular formula is C16H16ClF2NO. The predicted molar refractivity (Wildman–Crippen MR) is 81.3 cm³/mol. The molecule has 5 heteroatoms. The average Bonchev–Trinajstić information content (AvgIpc) is 2.40. The molecule has 0 aliphatic carbocycles. The van der Waals surface area contributed by atoms with Crippen LogP contribution in [0.5, 0.6) is 5.75 Å². The van der Waals surface area contributed by atoms with Crippen molar-refractivity contribution in [3.05, 3.63) is 58.1 Å². The van der Waals surface area contributed by atoms with E-state index in [1.807, 2.05) is 6.92 Å². The molecule has 112 valence electrons. The molecule has 0 aromatic heterocycles. The Balaban J connectivity index is 2.05. The number of halogens is 3. The first-order valence-electron chi connectivity index (χ1n) is 6.50. The zero-order valence-electron chi connectivity index (χ0n) is 11.8. The van der Waals surface area contributed by atoms with Gasteiger partial charge in [-0.15, -0.1) is 0 Å². The standard InChI is InChI=1S/C16H16ClF2NO/c1-10-3-4-12(11(2)7-10)9-20-13-5-6-15(14(17)8-13)21-16(18)19/h3-8,16,20H,9H2,1-2H3. The van der Waals surface area contributed by atoms with Crippen molar-refractivity contribution in [1.82, 2.24) is 0 Å². The Morgan fingerprint density at radius 1 is 1.14 bits per heavy atom. The van der Waals surface area contributed by atoms with E-state index in [1.165, 1.54) is 22.8 Å². The van der Waals surface area contributed by atoms with Gasteiger partial charge in [-0.25, -0.2) is 0 Å². The van der Waals surface area contributed by atoms with Crippen LogP contribution in [0.4, 0.5) is 14.5 Å². The fourth-order valence-electron chi connectivity index (χ4n) is 2.04. The van der Waals surface area contributed by atoms with Crippen molar-refractivity contribution in [3.63, 3.8) is 0 Å². The monoisotopic (exact) mass is 311 g/mol. The Morgan fingerprint density at radius 3 is 2.52 bits per heavy atom. The number of anilines is 1. The molecule has 0 spiro atoms. The van der Waals surface area contributed by atoms with Crippen LogP contribution >= 0.6 is 11.6 Å². The summed E-state index contributed by atoms with van der Waals surface area (Å²) in [4.78, 5) is 0. The molecule has 0 heterocycles. The first kappa shape index (κ1) is 15.6. The van der Waals surface area contributed by atoms with Gasteiger partial charge < -0.3 is 10.1 Å². The van der Waals surface area contributed by atoms with Gasteiger partial charge in [0.05, 0.1) is 5.02 Å². The SMILES string of the molecule is Cc1ccc(CNc2ccc(OC(F)F)c(Cl)c2)c(C)c1. The summed E-state index contributed by atoms with van der Waals surface area (Å²) >= 11 is 5.91. The summed E-state index contributed by atoms with van der Waals surface area (Å²) < 4.78 is 28.6. The smallest absolute Gasteiger partial charge is 0.387 e. The van der Waals surface area contributed by atoms with E-state index in [0.717, 1.165) is 5.69 Å². The fraction of sp³-hybridized carbons (Fsp3) is 0.250. The summed E-state index contributed by atoms with van der Waals surface area (Å²) in [6.07, 6.45) is 0. The molecule has 2 aromatic carbocycles. The molecule has 21 heavy (non-hydrogen) atoms. The maximum Gasteiger partial charge on any atom is 0.387 e. The summed E-state index contributed by atoms with van der Waals surface area (Å²) in [7, 11) is 0. The molecule has 0 aliphatic heterocycles. The van der Waals surface area contributed by atoms with Crippen molar-refractivity contribution in [1.29, 1.82) is 0 Å². The molecule has 0 unspecified atom stereocenters. The van der Waals surface area contributed by atoms with Crippen LogP contribution in [0.2, 0.25) is 5.02 Å². The van der Waals surface area contributed by atoms with E-state index in [4.69, 9.17) is 11.6 Å². The fourth-order valence-corrected chi connectivity index (χ4v) is 2.27. The number of nitrogens with one attached hydrogen (secondary N) is 1. The second-order valence-corrected chi connectivity index (χ2v) is 5.21. The molecule has 1 N–H and O–H groups in total. The topological polar surface area (TPSA) is 21.3 Å². The van der Waals surface area contributed by atoms with E-state index in [1.54, 1.807) is 12.1 Å². The first-order chi connectivity index (χ1) is 9.95. The van der Waals surface area contributed by atoms with Crippen molar-refractivity contribution in [2.75, 3.05) is 5.32 Å². The Labute approximate surface area is 127 Å². The van der Waals surface area contributed by atoms with Crippen LogP contribution in [0.15, 0.2) is 36.4 Å². The van der Waals surface area contributed by atoms with Gasteiger partial charge in [0.1, 0.15) is 5.75 Å². The normalized spacial score (nSPS) is 10.8. The van der Waals surface area contributed by atoms with Crippen molar-refractivity contribution >= 4 is 17.3 Å². The lowest BCUT2D eigenvalue weighted by Crippen LogP contribution is -2.04. The van der Waals surface area contributed by atoms with Crippen LogP contribution in [-0.2, 0) is 6.54 Å².